The Morgan fingerprint density at radius 1 is 0.938 bits per heavy atom. The number of aryl methyl sites for hydroxylation is 3. The molecule has 2 amide bonds. The van der Waals surface area contributed by atoms with Crippen molar-refractivity contribution in [3.63, 3.8) is 0 Å². The molecule has 4 rings (SSSR count). The molecular weight excluding hydrogens is 402 g/mol. The molecule has 3 aromatic rings. The van der Waals surface area contributed by atoms with Gasteiger partial charge in [0.2, 0.25) is 11.8 Å². The molecule has 0 unspecified atom stereocenters. The first-order chi connectivity index (χ1) is 15.7. The maximum atomic E-state index is 12.7. The number of benzene rings is 1. The summed E-state index contributed by atoms with van der Waals surface area (Å²) >= 11 is 0. The number of pyridine rings is 1. The van der Waals surface area contributed by atoms with Gasteiger partial charge in [-0.15, -0.1) is 0 Å². The molecule has 3 heterocycles. The van der Waals surface area contributed by atoms with Crippen LogP contribution in [0, 0.1) is 5.92 Å². The number of aromatic nitrogens is 3. The van der Waals surface area contributed by atoms with Gasteiger partial charge in [0.05, 0.1) is 0 Å². The predicted octanol–water partition coefficient (Wildman–Crippen LogP) is 3.33. The zero-order valence-corrected chi connectivity index (χ0v) is 18.2. The number of hydrogen-bond acceptors (Lipinski definition) is 4. The number of nitrogens with zero attached hydrogens (tertiary/aromatic N) is 4. The van der Waals surface area contributed by atoms with Crippen molar-refractivity contribution < 1.29 is 9.59 Å². The number of nitrogens with one attached hydrogen (secondary N) is 1. The molecule has 7 heteroatoms. The molecule has 0 atom stereocenters. The first-order valence-electron chi connectivity index (χ1n) is 11.2. The lowest BCUT2D eigenvalue weighted by Gasteiger charge is -2.31. The molecule has 2 aromatic heterocycles. The van der Waals surface area contributed by atoms with Crippen molar-refractivity contribution in [2.75, 3.05) is 18.4 Å². The van der Waals surface area contributed by atoms with Gasteiger partial charge in [-0.2, -0.15) is 5.10 Å². The molecule has 0 spiro atoms. The summed E-state index contributed by atoms with van der Waals surface area (Å²) in [6.45, 7) is 2.00. The van der Waals surface area contributed by atoms with Crippen LogP contribution in [0.5, 0.6) is 0 Å². The average molecular weight is 432 g/mol. The molecule has 0 aliphatic carbocycles. The molecular formula is C25H29N5O2. The van der Waals surface area contributed by atoms with Gasteiger partial charge in [0.15, 0.2) is 5.82 Å². The fourth-order valence-electron chi connectivity index (χ4n) is 4.02. The van der Waals surface area contributed by atoms with Gasteiger partial charge in [-0.25, -0.2) is 0 Å². The number of hydrogen-bond donors (Lipinski definition) is 1. The van der Waals surface area contributed by atoms with E-state index in [1.807, 2.05) is 64.3 Å². The van der Waals surface area contributed by atoms with E-state index in [2.05, 4.69) is 15.4 Å². The van der Waals surface area contributed by atoms with Gasteiger partial charge in [0, 0.05) is 56.6 Å². The van der Waals surface area contributed by atoms with Crippen molar-refractivity contribution in [2.45, 2.75) is 38.6 Å². The first-order valence-corrected chi connectivity index (χ1v) is 11.2. The van der Waals surface area contributed by atoms with Gasteiger partial charge >= 0.3 is 0 Å². The second kappa shape index (κ2) is 10.7. The van der Waals surface area contributed by atoms with Crippen LogP contribution in [-0.4, -0.2) is 44.6 Å². The number of carbonyl (C=O) groups is 2. The van der Waals surface area contributed by atoms with E-state index in [0.717, 1.165) is 19.4 Å². The molecule has 32 heavy (non-hydrogen) atoms. The molecule has 1 fully saturated rings. The molecule has 1 saturated heterocycles. The smallest absolute Gasteiger partial charge is 0.228 e. The van der Waals surface area contributed by atoms with E-state index in [1.165, 1.54) is 11.1 Å². The van der Waals surface area contributed by atoms with E-state index in [-0.39, 0.29) is 17.7 Å². The third-order valence-electron chi connectivity index (χ3n) is 5.96. The molecule has 1 aliphatic rings. The first kappa shape index (κ1) is 21.7. The van der Waals surface area contributed by atoms with Crippen LogP contribution in [0.2, 0.25) is 0 Å². The number of rotatable bonds is 8. The summed E-state index contributed by atoms with van der Waals surface area (Å²) in [5.41, 5.74) is 2.38. The molecule has 1 N–H and O–H groups in total. The van der Waals surface area contributed by atoms with Crippen molar-refractivity contribution in [1.82, 2.24) is 19.7 Å². The van der Waals surface area contributed by atoms with Crippen LogP contribution < -0.4 is 5.32 Å². The van der Waals surface area contributed by atoms with E-state index in [4.69, 9.17) is 0 Å². The summed E-state index contributed by atoms with van der Waals surface area (Å²) in [5, 5.41) is 7.40. The molecule has 1 aromatic carbocycles. The van der Waals surface area contributed by atoms with Crippen LogP contribution in [0.25, 0.3) is 0 Å². The molecule has 1 aliphatic heterocycles. The molecule has 166 valence electrons. The topological polar surface area (TPSA) is 80.1 Å². The Balaban J connectivity index is 1.19. The van der Waals surface area contributed by atoms with Crippen molar-refractivity contribution in [3.05, 3.63) is 78.2 Å². The minimum atomic E-state index is -0.0878. The highest BCUT2D eigenvalue weighted by molar-refractivity contribution is 5.91. The SMILES string of the molecule is O=C(Nc1ccn(CCc2ccncc2)n1)C1CCN(C(=O)CCc2ccccc2)CC1. The average Bonchev–Trinajstić information content (AvgIpc) is 3.30. The maximum Gasteiger partial charge on any atom is 0.228 e. The van der Waals surface area contributed by atoms with Crippen molar-refractivity contribution in [3.8, 4) is 0 Å². The normalized spacial score (nSPS) is 14.3. The summed E-state index contributed by atoms with van der Waals surface area (Å²) in [5.74, 6) is 0.641. The standard InChI is InChI=1S/C25H29N5O2/c31-24(7-6-20-4-2-1-3-5-20)29-16-11-22(12-17-29)25(32)27-23-13-19-30(28-23)18-10-21-8-14-26-15-9-21/h1-5,8-9,13-15,19,22H,6-7,10-12,16-18H2,(H,27,28,32). The Morgan fingerprint density at radius 3 is 2.41 bits per heavy atom. The Bertz CT molecular complexity index is 1010. The van der Waals surface area contributed by atoms with E-state index in [9.17, 15) is 9.59 Å². The summed E-state index contributed by atoms with van der Waals surface area (Å²) < 4.78 is 1.84. The Hall–Kier alpha value is -3.48. The third kappa shape index (κ3) is 6.03. The largest absolute Gasteiger partial charge is 0.343 e. The quantitative estimate of drug-likeness (QED) is 0.593. The summed E-state index contributed by atoms with van der Waals surface area (Å²) in [6, 6.07) is 15.9. The van der Waals surface area contributed by atoms with Gasteiger partial charge in [-0.05, 0) is 48.9 Å². The fraction of sp³-hybridized carbons (Fsp3) is 0.360. The number of anilines is 1. The van der Waals surface area contributed by atoms with Gasteiger partial charge in [-0.3, -0.25) is 19.3 Å². The maximum absolute atomic E-state index is 12.7. The Labute approximate surface area is 188 Å². The Kier molecular flexibility index (Phi) is 7.27. The van der Waals surface area contributed by atoms with Gasteiger partial charge in [0.25, 0.3) is 0 Å². The highest BCUT2D eigenvalue weighted by atomic mass is 16.2. The number of carbonyl (C=O) groups excluding carboxylic acids is 2. The monoisotopic (exact) mass is 431 g/mol. The van der Waals surface area contributed by atoms with Gasteiger partial charge in [0.1, 0.15) is 0 Å². The molecule has 0 bridgehead atoms. The zero-order chi connectivity index (χ0) is 22.2. The van der Waals surface area contributed by atoms with E-state index >= 15 is 0 Å². The second-order valence-corrected chi connectivity index (χ2v) is 8.20. The lowest BCUT2D eigenvalue weighted by Crippen LogP contribution is -2.41. The highest BCUT2D eigenvalue weighted by Gasteiger charge is 2.27. The lowest BCUT2D eigenvalue weighted by atomic mass is 9.95. The van der Waals surface area contributed by atoms with Crippen LogP contribution in [0.3, 0.4) is 0 Å². The number of piperidine rings is 1. The van der Waals surface area contributed by atoms with E-state index in [0.29, 0.717) is 38.2 Å². The van der Waals surface area contributed by atoms with Crippen LogP contribution in [-0.2, 0) is 29.0 Å². The van der Waals surface area contributed by atoms with E-state index < -0.39 is 0 Å². The van der Waals surface area contributed by atoms with Crippen molar-refractivity contribution >= 4 is 17.6 Å². The van der Waals surface area contributed by atoms with Gasteiger partial charge in [-0.1, -0.05) is 30.3 Å². The second-order valence-electron chi connectivity index (χ2n) is 8.20. The number of likely N-dealkylation sites (tertiary alicyclic amines) is 1. The van der Waals surface area contributed by atoms with Crippen LogP contribution in [0.15, 0.2) is 67.1 Å². The minimum Gasteiger partial charge on any atom is -0.343 e. The predicted molar refractivity (Wildman–Crippen MR) is 123 cm³/mol. The number of amides is 2. The molecule has 7 nitrogen and oxygen atoms in total. The van der Waals surface area contributed by atoms with Crippen molar-refractivity contribution in [2.24, 2.45) is 5.92 Å². The van der Waals surface area contributed by atoms with Crippen LogP contribution in [0.1, 0.15) is 30.4 Å². The van der Waals surface area contributed by atoms with Crippen LogP contribution >= 0.6 is 0 Å². The summed E-state index contributed by atoms with van der Waals surface area (Å²) in [6.07, 6.45) is 8.94. The molecule has 0 radical (unpaired) electrons. The summed E-state index contributed by atoms with van der Waals surface area (Å²) in [7, 11) is 0. The summed E-state index contributed by atoms with van der Waals surface area (Å²) in [4.78, 5) is 31.1. The third-order valence-corrected chi connectivity index (χ3v) is 5.96. The minimum absolute atomic E-state index is 0.0132. The lowest BCUT2D eigenvalue weighted by molar-refractivity contribution is -0.134. The highest BCUT2D eigenvalue weighted by Crippen LogP contribution is 2.20. The molecule has 0 saturated carbocycles. The Morgan fingerprint density at radius 2 is 1.66 bits per heavy atom. The van der Waals surface area contributed by atoms with Crippen molar-refractivity contribution in [1.29, 1.82) is 0 Å². The van der Waals surface area contributed by atoms with Crippen LogP contribution in [0.4, 0.5) is 5.82 Å². The van der Waals surface area contributed by atoms with E-state index in [1.54, 1.807) is 12.4 Å². The van der Waals surface area contributed by atoms with Gasteiger partial charge < -0.3 is 10.2 Å². The fourth-order valence-corrected chi connectivity index (χ4v) is 4.02. The zero-order valence-electron chi connectivity index (χ0n) is 18.2.